The van der Waals surface area contributed by atoms with E-state index >= 15 is 0 Å². The third kappa shape index (κ3) is 4.69. The van der Waals surface area contributed by atoms with Crippen LogP contribution < -0.4 is 4.72 Å². The topological polar surface area (TPSA) is 72.0 Å². The van der Waals surface area contributed by atoms with Crippen LogP contribution in [0.3, 0.4) is 0 Å². The number of alkyl halides is 3. The first-order chi connectivity index (χ1) is 13.8. The molecule has 0 aliphatic carbocycles. The molecule has 3 aromatic rings. The lowest BCUT2D eigenvalue weighted by Gasteiger charge is -2.10. The second kappa shape index (κ2) is 8.19. The molecule has 0 amide bonds. The van der Waals surface area contributed by atoms with Crippen molar-refractivity contribution in [2.75, 3.05) is 4.72 Å². The highest BCUT2D eigenvalue weighted by Crippen LogP contribution is 2.42. The molecule has 0 unspecified atom stereocenters. The molecule has 0 bridgehead atoms. The quantitative estimate of drug-likeness (QED) is 0.293. The average molecular weight is 569 g/mol. The van der Waals surface area contributed by atoms with E-state index < -0.39 is 38.3 Å². The molecule has 160 valence electrons. The maximum Gasteiger partial charge on any atom is 0.416 e. The lowest BCUT2D eigenvalue weighted by molar-refractivity contribution is -0.137. The molecule has 1 heterocycles. The van der Waals surface area contributed by atoms with E-state index in [-0.39, 0.29) is 30.2 Å². The van der Waals surface area contributed by atoms with Gasteiger partial charge in [-0.3, -0.25) is 4.72 Å². The number of benzene rings is 2. The van der Waals surface area contributed by atoms with E-state index in [0.717, 1.165) is 0 Å². The summed E-state index contributed by atoms with van der Waals surface area (Å²) in [4.78, 5) is -0.981. The predicted octanol–water partition coefficient (Wildman–Crippen LogP) is 6.37. The molecule has 1 N–H and O–H groups in total. The zero-order valence-corrected chi connectivity index (χ0v) is 18.6. The molecule has 0 saturated carbocycles. The van der Waals surface area contributed by atoms with Gasteiger partial charge in [-0.25, -0.2) is 17.2 Å². The third-order valence-corrected chi connectivity index (χ3v) is 7.04. The van der Waals surface area contributed by atoms with Crippen LogP contribution in [0.4, 0.5) is 27.1 Å². The monoisotopic (exact) mass is 567 g/mol. The van der Waals surface area contributed by atoms with Crippen LogP contribution in [0.15, 0.2) is 33.6 Å². The molecule has 0 aliphatic heterocycles. The molecule has 15 heteroatoms. The Hall–Kier alpha value is -1.54. The van der Waals surface area contributed by atoms with Gasteiger partial charge in [0.15, 0.2) is 5.01 Å². The van der Waals surface area contributed by atoms with E-state index in [1.807, 2.05) is 4.72 Å². The summed E-state index contributed by atoms with van der Waals surface area (Å²) in [6, 6.07) is 2.37. The van der Waals surface area contributed by atoms with Crippen molar-refractivity contribution in [2.45, 2.75) is 11.1 Å². The third-order valence-electron chi connectivity index (χ3n) is 3.49. The van der Waals surface area contributed by atoms with Crippen LogP contribution in [0.5, 0.6) is 0 Å². The molecular weight excluding hydrogens is 564 g/mol. The highest BCUT2D eigenvalue weighted by molar-refractivity contribution is 9.10. The Morgan fingerprint density at radius 3 is 2.17 bits per heavy atom. The number of halogens is 8. The van der Waals surface area contributed by atoms with Gasteiger partial charge in [0.25, 0.3) is 10.0 Å². The molecule has 0 fully saturated rings. The molecule has 1 aromatic heterocycles. The van der Waals surface area contributed by atoms with Gasteiger partial charge in [0.05, 0.1) is 20.1 Å². The molecule has 5 nitrogen and oxygen atoms in total. The Balaban J connectivity index is 1.95. The van der Waals surface area contributed by atoms with Crippen LogP contribution in [0.25, 0.3) is 10.6 Å². The zero-order valence-electron chi connectivity index (χ0n) is 13.9. The molecule has 2 aromatic carbocycles. The summed E-state index contributed by atoms with van der Waals surface area (Å²) in [7, 11) is -4.59. The Bertz CT molecular complexity index is 1230. The number of rotatable bonds is 4. The van der Waals surface area contributed by atoms with Crippen molar-refractivity contribution in [1.82, 2.24) is 10.2 Å². The van der Waals surface area contributed by atoms with Crippen LogP contribution in [-0.2, 0) is 16.2 Å². The van der Waals surface area contributed by atoms with Crippen molar-refractivity contribution in [2.24, 2.45) is 0 Å². The van der Waals surface area contributed by atoms with Gasteiger partial charge in [-0.05, 0) is 40.2 Å². The molecule has 0 atom stereocenters. The fourth-order valence-corrected chi connectivity index (χ4v) is 5.40. The second-order valence-corrected chi connectivity index (χ2v) is 9.82. The van der Waals surface area contributed by atoms with Crippen LogP contribution in [0.2, 0.25) is 10.0 Å². The summed E-state index contributed by atoms with van der Waals surface area (Å²) in [5, 5.41) is 5.94. The van der Waals surface area contributed by atoms with Crippen LogP contribution in [0.1, 0.15) is 5.56 Å². The molecular formula is C15H5BrCl2F5N3O2S2. The number of aromatic nitrogens is 2. The second-order valence-electron chi connectivity index (χ2n) is 5.53. The highest BCUT2D eigenvalue weighted by atomic mass is 79.9. The van der Waals surface area contributed by atoms with E-state index in [0.29, 0.717) is 35.6 Å². The molecule has 0 radical (unpaired) electrons. The van der Waals surface area contributed by atoms with E-state index in [4.69, 9.17) is 23.2 Å². The minimum atomic E-state index is -4.68. The van der Waals surface area contributed by atoms with Gasteiger partial charge in [-0.1, -0.05) is 34.5 Å². The van der Waals surface area contributed by atoms with Crippen molar-refractivity contribution in [3.05, 3.63) is 56.0 Å². The average Bonchev–Trinajstić information content (AvgIpc) is 3.03. The normalized spacial score (nSPS) is 12.3. The van der Waals surface area contributed by atoms with Gasteiger partial charge in [0, 0.05) is 5.56 Å². The minimum absolute atomic E-state index is 0.0983. The molecule has 0 saturated heterocycles. The van der Waals surface area contributed by atoms with Crippen LogP contribution in [-0.4, -0.2) is 18.6 Å². The first kappa shape index (κ1) is 23.1. The van der Waals surface area contributed by atoms with Crippen molar-refractivity contribution in [1.29, 1.82) is 0 Å². The predicted molar refractivity (Wildman–Crippen MR) is 105 cm³/mol. The summed E-state index contributed by atoms with van der Waals surface area (Å²) < 4.78 is 92.4. The minimum Gasteiger partial charge on any atom is -0.253 e. The standard InChI is InChI=1S/C15H5BrCl2F5N3O2S2/c16-6-3-10(20)11(4-9(6)19)30(27,28)26-14-25-24-13(29-14)12-7(17)1-5(2-8(12)18)15(21,22)23/h1-4H,(H,25,26). The zero-order chi connectivity index (χ0) is 22.4. The molecule has 3 rings (SSSR count). The van der Waals surface area contributed by atoms with Crippen LogP contribution in [0, 0.1) is 11.6 Å². The number of sulfonamides is 1. The number of nitrogens with zero attached hydrogens (tertiary/aromatic N) is 2. The van der Waals surface area contributed by atoms with E-state index in [2.05, 4.69) is 26.1 Å². The first-order valence-corrected chi connectivity index (χ1v) is 11.2. The van der Waals surface area contributed by atoms with E-state index in [1.165, 1.54) is 0 Å². The smallest absolute Gasteiger partial charge is 0.253 e. The van der Waals surface area contributed by atoms with Gasteiger partial charge in [0.1, 0.15) is 16.5 Å². The first-order valence-electron chi connectivity index (χ1n) is 7.37. The summed E-state index contributed by atoms with van der Waals surface area (Å²) >= 11 is 15.1. The number of hydrogen-bond donors (Lipinski definition) is 1. The van der Waals surface area contributed by atoms with Crippen LogP contribution >= 0.6 is 50.5 Å². The van der Waals surface area contributed by atoms with Gasteiger partial charge >= 0.3 is 6.18 Å². The summed E-state index contributed by atoms with van der Waals surface area (Å²) in [6.45, 7) is 0. The van der Waals surface area contributed by atoms with Crippen molar-refractivity contribution < 1.29 is 30.4 Å². The summed E-state index contributed by atoms with van der Waals surface area (Å²) in [5.74, 6) is -2.24. The Kier molecular flexibility index (Phi) is 6.31. The lowest BCUT2D eigenvalue weighted by atomic mass is 10.1. The molecule has 0 spiro atoms. The van der Waals surface area contributed by atoms with E-state index in [1.54, 1.807) is 0 Å². The highest BCUT2D eigenvalue weighted by Gasteiger charge is 2.32. The maximum absolute atomic E-state index is 14.0. The number of nitrogens with one attached hydrogen (secondary N) is 1. The van der Waals surface area contributed by atoms with Crippen molar-refractivity contribution in [3.8, 4) is 10.6 Å². The Morgan fingerprint density at radius 2 is 1.60 bits per heavy atom. The Labute approximate surface area is 188 Å². The SMILES string of the molecule is O=S(=O)(Nc1nnc(-c2c(Cl)cc(C(F)(F)F)cc2Cl)s1)c1cc(F)c(Br)cc1F. The lowest BCUT2D eigenvalue weighted by Crippen LogP contribution is -2.15. The largest absolute Gasteiger partial charge is 0.416 e. The van der Waals surface area contributed by atoms with E-state index in [9.17, 15) is 30.4 Å². The fraction of sp³-hybridized carbons (Fsp3) is 0.0667. The molecule has 30 heavy (non-hydrogen) atoms. The summed E-state index contributed by atoms with van der Waals surface area (Å²) in [6.07, 6.45) is -4.68. The van der Waals surface area contributed by atoms with Gasteiger partial charge in [-0.2, -0.15) is 13.2 Å². The Morgan fingerprint density at radius 1 is 1.00 bits per heavy atom. The van der Waals surface area contributed by atoms with Crippen molar-refractivity contribution in [3.63, 3.8) is 0 Å². The van der Waals surface area contributed by atoms with Crippen molar-refractivity contribution >= 4 is 65.6 Å². The van der Waals surface area contributed by atoms with Gasteiger partial charge < -0.3 is 0 Å². The van der Waals surface area contributed by atoms with Gasteiger partial charge in [0.2, 0.25) is 5.13 Å². The summed E-state index contributed by atoms with van der Waals surface area (Å²) in [5.41, 5.74) is -1.19. The fourth-order valence-electron chi connectivity index (χ4n) is 2.19. The number of hydrogen-bond acceptors (Lipinski definition) is 5. The number of anilines is 1. The van der Waals surface area contributed by atoms with Gasteiger partial charge in [-0.15, -0.1) is 10.2 Å². The maximum atomic E-state index is 14.0. The molecule has 0 aliphatic rings.